The van der Waals surface area contributed by atoms with Gasteiger partial charge in [0.2, 0.25) is 0 Å². The first-order valence-electron chi connectivity index (χ1n) is 7.60. The smallest absolute Gasteiger partial charge is 0.0766 e. The van der Waals surface area contributed by atoms with Crippen molar-refractivity contribution in [2.75, 3.05) is 7.05 Å². The molecule has 0 saturated heterocycles. The molecule has 4 heteroatoms. The molecule has 1 fully saturated rings. The van der Waals surface area contributed by atoms with Crippen LogP contribution in [0, 0.1) is 5.92 Å². The third-order valence-corrected chi connectivity index (χ3v) is 5.28. The normalized spacial score (nSPS) is 23.8. The fraction of sp³-hybridized carbons (Fsp3) is 0.800. The van der Waals surface area contributed by atoms with Gasteiger partial charge in [0.15, 0.2) is 0 Å². The Labute approximate surface area is 125 Å². The number of aromatic nitrogens is 2. The van der Waals surface area contributed by atoms with E-state index in [9.17, 15) is 0 Å². The van der Waals surface area contributed by atoms with E-state index >= 15 is 0 Å². The zero-order chi connectivity index (χ0) is 13.8. The van der Waals surface area contributed by atoms with Crippen LogP contribution in [0.5, 0.6) is 0 Å². The molecule has 2 atom stereocenters. The Balaban J connectivity index is 2.11. The van der Waals surface area contributed by atoms with Crippen molar-refractivity contribution in [1.82, 2.24) is 15.1 Å². The first-order valence-corrected chi connectivity index (χ1v) is 8.40. The predicted molar refractivity (Wildman–Crippen MR) is 83.5 cm³/mol. The summed E-state index contributed by atoms with van der Waals surface area (Å²) in [7, 11) is 2.09. The molecular weight excluding hydrogens is 302 g/mol. The van der Waals surface area contributed by atoms with Crippen molar-refractivity contribution in [2.24, 2.45) is 5.92 Å². The molecule has 2 rings (SSSR count). The van der Waals surface area contributed by atoms with Crippen LogP contribution in [0.15, 0.2) is 4.47 Å². The summed E-state index contributed by atoms with van der Waals surface area (Å²) < 4.78 is 3.44. The van der Waals surface area contributed by atoms with Gasteiger partial charge in [-0.25, -0.2) is 0 Å². The van der Waals surface area contributed by atoms with Crippen LogP contribution in [0.4, 0.5) is 0 Å². The SMILES string of the molecule is CCc1nn(CC)c(CC2CCCC(NC)C2)c1Br. The number of nitrogens with zero attached hydrogens (tertiary/aromatic N) is 2. The minimum Gasteiger partial charge on any atom is -0.317 e. The third-order valence-electron chi connectivity index (χ3n) is 4.37. The van der Waals surface area contributed by atoms with Crippen LogP contribution in [0.3, 0.4) is 0 Å². The molecule has 0 radical (unpaired) electrons. The van der Waals surface area contributed by atoms with E-state index < -0.39 is 0 Å². The van der Waals surface area contributed by atoms with E-state index in [-0.39, 0.29) is 0 Å². The second-order valence-corrected chi connectivity index (χ2v) is 6.39. The molecule has 0 amide bonds. The van der Waals surface area contributed by atoms with Gasteiger partial charge in [-0.2, -0.15) is 5.10 Å². The zero-order valence-electron chi connectivity index (χ0n) is 12.4. The Bertz CT molecular complexity index is 414. The van der Waals surface area contributed by atoms with Gasteiger partial charge in [0.25, 0.3) is 0 Å². The molecule has 3 nitrogen and oxygen atoms in total. The molecular formula is C15H26BrN3. The summed E-state index contributed by atoms with van der Waals surface area (Å²) >= 11 is 3.76. The number of nitrogens with one attached hydrogen (secondary N) is 1. The number of halogens is 1. The van der Waals surface area contributed by atoms with Gasteiger partial charge in [0.05, 0.1) is 15.9 Å². The molecule has 1 aromatic rings. The Hall–Kier alpha value is -0.350. The first-order chi connectivity index (χ1) is 9.19. The van der Waals surface area contributed by atoms with Gasteiger partial charge in [0, 0.05) is 12.6 Å². The van der Waals surface area contributed by atoms with Crippen molar-refractivity contribution in [2.45, 2.75) is 65.0 Å². The molecule has 1 saturated carbocycles. The van der Waals surface area contributed by atoms with Gasteiger partial charge >= 0.3 is 0 Å². The summed E-state index contributed by atoms with van der Waals surface area (Å²) in [6.07, 6.45) is 7.53. The molecule has 19 heavy (non-hydrogen) atoms. The maximum absolute atomic E-state index is 4.71. The summed E-state index contributed by atoms with van der Waals surface area (Å²) in [5, 5.41) is 8.15. The van der Waals surface area contributed by atoms with E-state index in [2.05, 4.69) is 46.8 Å². The average molecular weight is 328 g/mol. The van der Waals surface area contributed by atoms with Crippen LogP contribution in [0.1, 0.15) is 50.9 Å². The van der Waals surface area contributed by atoms with E-state index in [0.717, 1.165) is 18.9 Å². The van der Waals surface area contributed by atoms with Crippen molar-refractivity contribution in [3.63, 3.8) is 0 Å². The highest BCUT2D eigenvalue weighted by molar-refractivity contribution is 9.10. The van der Waals surface area contributed by atoms with E-state index in [1.54, 1.807) is 0 Å². The van der Waals surface area contributed by atoms with E-state index in [1.165, 1.54) is 48.0 Å². The molecule has 0 aliphatic heterocycles. The Kier molecular flexibility index (Phi) is 5.46. The molecule has 0 spiro atoms. The lowest BCUT2D eigenvalue weighted by molar-refractivity contribution is 0.290. The number of hydrogen-bond acceptors (Lipinski definition) is 2. The minimum absolute atomic E-state index is 0.709. The molecule has 108 valence electrons. The first kappa shape index (κ1) is 15.0. The van der Waals surface area contributed by atoms with Crippen LogP contribution >= 0.6 is 15.9 Å². The quantitative estimate of drug-likeness (QED) is 0.896. The summed E-state index contributed by atoms with van der Waals surface area (Å²) in [6, 6.07) is 0.709. The topological polar surface area (TPSA) is 29.9 Å². The highest BCUT2D eigenvalue weighted by Crippen LogP contribution is 2.31. The van der Waals surface area contributed by atoms with E-state index in [4.69, 9.17) is 5.10 Å². The van der Waals surface area contributed by atoms with Gasteiger partial charge in [-0.15, -0.1) is 0 Å². The molecule has 0 aromatic carbocycles. The van der Waals surface area contributed by atoms with Crippen LogP contribution in [0.2, 0.25) is 0 Å². The lowest BCUT2D eigenvalue weighted by atomic mass is 9.83. The molecule has 0 bridgehead atoms. The van der Waals surface area contributed by atoms with Crippen molar-refractivity contribution in [1.29, 1.82) is 0 Å². The van der Waals surface area contributed by atoms with Crippen LogP contribution in [-0.4, -0.2) is 22.9 Å². The number of aryl methyl sites for hydroxylation is 2. The molecule has 1 aliphatic carbocycles. The number of hydrogen-bond donors (Lipinski definition) is 1. The van der Waals surface area contributed by atoms with Gasteiger partial charge in [-0.1, -0.05) is 13.3 Å². The van der Waals surface area contributed by atoms with Gasteiger partial charge in [-0.05, 0) is 67.9 Å². The maximum Gasteiger partial charge on any atom is 0.0766 e. The van der Waals surface area contributed by atoms with Crippen molar-refractivity contribution in [3.8, 4) is 0 Å². The standard InChI is InChI=1S/C15H26BrN3/c1-4-13-15(16)14(19(5-2)18-13)10-11-7-6-8-12(9-11)17-3/h11-12,17H,4-10H2,1-3H3. The fourth-order valence-corrected chi connectivity index (χ4v) is 3.95. The second-order valence-electron chi connectivity index (χ2n) is 5.60. The molecule has 2 unspecified atom stereocenters. The Morgan fingerprint density at radius 3 is 2.79 bits per heavy atom. The molecule has 1 heterocycles. The van der Waals surface area contributed by atoms with Gasteiger partial charge in [0.1, 0.15) is 0 Å². The van der Waals surface area contributed by atoms with Crippen LogP contribution in [-0.2, 0) is 19.4 Å². The van der Waals surface area contributed by atoms with Gasteiger partial charge in [-0.3, -0.25) is 4.68 Å². The largest absolute Gasteiger partial charge is 0.317 e. The zero-order valence-corrected chi connectivity index (χ0v) is 14.0. The molecule has 1 aromatic heterocycles. The molecule has 1 N–H and O–H groups in total. The van der Waals surface area contributed by atoms with Crippen LogP contribution in [0.25, 0.3) is 0 Å². The minimum atomic E-state index is 0.709. The lowest BCUT2D eigenvalue weighted by Gasteiger charge is -2.29. The number of rotatable bonds is 5. The van der Waals surface area contributed by atoms with E-state index in [0.29, 0.717) is 6.04 Å². The second kappa shape index (κ2) is 6.89. The maximum atomic E-state index is 4.71. The lowest BCUT2D eigenvalue weighted by Crippen LogP contribution is -2.32. The summed E-state index contributed by atoms with van der Waals surface area (Å²) in [5.74, 6) is 0.800. The fourth-order valence-electron chi connectivity index (χ4n) is 3.22. The molecule has 1 aliphatic rings. The van der Waals surface area contributed by atoms with E-state index in [1.807, 2.05) is 0 Å². The van der Waals surface area contributed by atoms with Crippen molar-refractivity contribution < 1.29 is 0 Å². The highest BCUT2D eigenvalue weighted by Gasteiger charge is 2.24. The monoisotopic (exact) mass is 327 g/mol. The third kappa shape index (κ3) is 3.40. The van der Waals surface area contributed by atoms with Crippen molar-refractivity contribution >= 4 is 15.9 Å². The van der Waals surface area contributed by atoms with Crippen LogP contribution < -0.4 is 5.32 Å². The predicted octanol–water partition coefficient (Wildman–Crippen LogP) is 3.55. The average Bonchev–Trinajstić information content (AvgIpc) is 2.75. The Morgan fingerprint density at radius 2 is 2.16 bits per heavy atom. The Morgan fingerprint density at radius 1 is 1.37 bits per heavy atom. The van der Waals surface area contributed by atoms with Gasteiger partial charge < -0.3 is 5.32 Å². The summed E-state index contributed by atoms with van der Waals surface area (Å²) in [6.45, 7) is 5.32. The summed E-state index contributed by atoms with van der Waals surface area (Å²) in [5.41, 5.74) is 2.61. The highest BCUT2D eigenvalue weighted by atomic mass is 79.9. The summed E-state index contributed by atoms with van der Waals surface area (Å²) in [4.78, 5) is 0. The van der Waals surface area contributed by atoms with Crippen molar-refractivity contribution in [3.05, 3.63) is 15.9 Å².